The number of pyridine rings is 1. The summed E-state index contributed by atoms with van der Waals surface area (Å²) >= 11 is 9.44. The summed E-state index contributed by atoms with van der Waals surface area (Å²) in [5, 5.41) is 0.524. The maximum Gasteiger partial charge on any atom is 0.410 e. The Morgan fingerprint density at radius 1 is 1.33 bits per heavy atom. The number of esters is 1. The van der Waals surface area contributed by atoms with Gasteiger partial charge in [-0.05, 0) is 62.5 Å². The summed E-state index contributed by atoms with van der Waals surface area (Å²) in [6.07, 6.45) is 2.61. The fraction of sp³-hybridized carbons (Fsp3) is 0.632. The lowest BCUT2D eigenvalue weighted by Crippen LogP contribution is -2.49. The third-order valence-electron chi connectivity index (χ3n) is 4.47. The molecule has 0 aliphatic carbocycles. The van der Waals surface area contributed by atoms with Crippen LogP contribution in [-0.4, -0.2) is 47.2 Å². The van der Waals surface area contributed by atoms with Gasteiger partial charge in [0.25, 0.3) is 0 Å². The number of amides is 1. The van der Waals surface area contributed by atoms with Crippen LogP contribution in [0.3, 0.4) is 0 Å². The van der Waals surface area contributed by atoms with Crippen molar-refractivity contribution in [2.75, 3.05) is 19.7 Å². The molecule has 8 heteroatoms. The van der Waals surface area contributed by atoms with Crippen molar-refractivity contribution in [3.8, 4) is 0 Å². The van der Waals surface area contributed by atoms with Gasteiger partial charge in [-0.1, -0.05) is 11.6 Å². The topological polar surface area (TPSA) is 68.7 Å². The number of aromatic nitrogens is 1. The zero-order chi connectivity index (χ0) is 20.2. The molecule has 0 radical (unpaired) electrons. The molecule has 150 valence electrons. The lowest BCUT2D eigenvalue weighted by Gasteiger charge is -2.40. The number of likely N-dealkylation sites (tertiary alicyclic amines) is 1. The summed E-state index contributed by atoms with van der Waals surface area (Å²) < 4.78 is 11.6. The molecule has 2 heterocycles. The molecule has 0 saturated carbocycles. The Morgan fingerprint density at radius 2 is 1.96 bits per heavy atom. The van der Waals surface area contributed by atoms with Crippen molar-refractivity contribution < 1.29 is 19.1 Å². The van der Waals surface area contributed by atoms with Crippen LogP contribution in [-0.2, 0) is 20.7 Å². The second-order valence-electron chi connectivity index (χ2n) is 7.73. The van der Waals surface area contributed by atoms with Crippen molar-refractivity contribution in [2.45, 2.75) is 52.6 Å². The van der Waals surface area contributed by atoms with Crippen LogP contribution in [0.15, 0.2) is 16.7 Å². The standard InChI is InChI=1S/C19H26BrClN2O4/c1-5-26-16(24)19(11-15-14(20)10-13(21)12-22-15)6-8-23(9-7-19)17(25)27-18(2,3)4/h10,12H,5-9,11H2,1-4H3. The molecule has 1 saturated heterocycles. The first-order valence-electron chi connectivity index (χ1n) is 9.01. The van der Waals surface area contributed by atoms with E-state index in [0.29, 0.717) is 44.0 Å². The minimum absolute atomic E-state index is 0.252. The zero-order valence-corrected chi connectivity index (χ0v) is 18.5. The highest BCUT2D eigenvalue weighted by Gasteiger charge is 2.44. The van der Waals surface area contributed by atoms with Gasteiger partial charge in [0.05, 0.1) is 22.7 Å². The number of rotatable bonds is 4. The molecule has 27 heavy (non-hydrogen) atoms. The van der Waals surface area contributed by atoms with Crippen LogP contribution in [0, 0.1) is 5.41 Å². The van der Waals surface area contributed by atoms with Crippen molar-refractivity contribution >= 4 is 39.6 Å². The molecule has 0 aromatic carbocycles. The number of hydrogen-bond donors (Lipinski definition) is 0. The van der Waals surface area contributed by atoms with Crippen molar-refractivity contribution in [3.05, 3.63) is 27.5 Å². The van der Waals surface area contributed by atoms with E-state index in [0.717, 1.165) is 10.2 Å². The van der Waals surface area contributed by atoms with E-state index in [-0.39, 0.29) is 12.1 Å². The number of halogens is 2. The lowest BCUT2D eigenvalue weighted by molar-refractivity contribution is -0.158. The van der Waals surface area contributed by atoms with E-state index in [1.807, 2.05) is 20.8 Å². The molecule has 0 atom stereocenters. The lowest BCUT2D eigenvalue weighted by atomic mass is 9.74. The largest absolute Gasteiger partial charge is 0.466 e. The quantitative estimate of drug-likeness (QED) is 0.612. The fourth-order valence-electron chi connectivity index (χ4n) is 3.07. The van der Waals surface area contributed by atoms with Gasteiger partial charge in [-0.25, -0.2) is 4.79 Å². The van der Waals surface area contributed by atoms with E-state index in [9.17, 15) is 9.59 Å². The van der Waals surface area contributed by atoms with Crippen molar-refractivity contribution in [1.82, 2.24) is 9.88 Å². The Hall–Kier alpha value is -1.34. The molecule has 1 amide bonds. The molecule has 2 rings (SSSR count). The van der Waals surface area contributed by atoms with E-state index in [4.69, 9.17) is 21.1 Å². The SMILES string of the molecule is CCOC(=O)C1(Cc2ncc(Cl)cc2Br)CCN(C(=O)OC(C)(C)C)CC1. The first kappa shape index (κ1) is 22.0. The molecule has 1 fully saturated rings. The Balaban J connectivity index is 2.17. The second-order valence-corrected chi connectivity index (χ2v) is 9.02. The Labute approximate surface area is 173 Å². The normalized spacial score (nSPS) is 16.7. The molecule has 0 bridgehead atoms. The number of nitrogens with zero attached hydrogens (tertiary/aromatic N) is 2. The first-order chi connectivity index (χ1) is 12.6. The van der Waals surface area contributed by atoms with E-state index in [1.165, 1.54) is 0 Å². The third-order valence-corrected chi connectivity index (χ3v) is 5.36. The van der Waals surface area contributed by atoms with Crippen LogP contribution >= 0.6 is 27.5 Å². The molecule has 1 aromatic heterocycles. The molecule has 1 aliphatic rings. The van der Waals surface area contributed by atoms with Gasteiger partial charge in [0.15, 0.2) is 0 Å². The average molecular weight is 462 g/mol. The van der Waals surface area contributed by atoms with E-state index >= 15 is 0 Å². The van der Waals surface area contributed by atoms with E-state index in [2.05, 4.69) is 20.9 Å². The summed E-state index contributed by atoms with van der Waals surface area (Å²) in [6, 6.07) is 1.76. The summed E-state index contributed by atoms with van der Waals surface area (Å²) in [5.74, 6) is -0.252. The maximum absolute atomic E-state index is 12.8. The van der Waals surface area contributed by atoms with Crippen LogP contribution in [0.2, 0.25) is 5.02 Å². The van der Waals surface area contributed by atoms with Crippen molar-refractivity contribution in [2.24, 2.45) is 5.41 Å². The number of carbonyl (C=O) groups is 2. The monoisotopic (exact) mass is 460 g/mol. The van der Waals surface area contributed by atoms with Gasteiger partial charge in [-0.3, -0.25) is 9.78 Å². The van der Waals surface area contributed by atoms with Crippen LogP contribution in [0.5, 0.6) is 0 Å². The Morgan fingerprint density at radius 3 is 2.48 bits per heavy atom. The molecule has 1 aromatic rings. The molecular formula is C19H26BrClN2O4. The number of hydrogen-bond acceptors (Lipinski definition) is 5. The Kier molecular flexibility index (Phi) is 7.14. The fourth-order valence-corrected chi connectivity index (χ4v) is 3.85. The van der Waals surface area contributed by atoms with Crippen molar-refractivity contribution in [3.63, 3.8) is 0 Å². The van der Waals surface area contributed by atoms with Gasteiger partial charge in [-0.15, -0.1) is 0 Å². The van der Waals surface area contributed by atoms with Gasteiger partial charge in [0.2, 0.25) is 0 Å². The first-order valence-corrected chi connectivity index (χ1v) is 10.2. The molecule has 0 N–H and O–H groups in total. The van der Waals surface area contributed by atoms with Crippen LogP contribution in [0.1, 0.15) is 46.2 Å². The molecule has 1 aliphatic heterocycles. The average Bonchev–Trinajstić information content (AvgIpc) is 2.56. The number of carbonyl (C=O) groups excluding carboxylic acids is 2. The highest BCUT2D eigenvalue weighted by atomic mass is 79.9. The maximum atomic E-state index is 12.8. The van der Waals surface area contributed by atoms with Gasteiger partial charge >= 0.3 is 12.1 Å². The second kappa shape index (κ2) is 8.78. The zero-order valence-electron chi connectivity index (χ0n) is 16.2. The third kappa shape index (κ3) is 5.82. The summed E-state index contributed by atoms with van der Waals surface area (Å²) in [4.78, 5) is 31.1. The molecule has 0 unspecified atom stereocenters. The molecule has 0 spiro atoms. The Bertz CT molecular complexity index is 697. The predicted octanol–water partition coefficient (Wildman–Crippen LogP) is 4.62. The summed E-state index contributed by atoms with van der Waals surface area (Å²) in [5.41, 5.74) is -0.527. The van der Waals surface area contributed by atoms with Crippen LogP contribution in [0.4, 0.5) is 4.79 Å². The van der Waals surface area contributed by atoms with Gasteiger partial charge in [0, 0.05) is 30.2 Å². The van der Waals surface area contributed by atoms with Gasteiger partial charge in [0.1, 0.15) is 5.60 Å². The van der Waals surface area contributed by atoms with Crippen molar-refractivity contribution in [1.29, 1.82) is 0 Å². The van der Waals surface area contributed by atoms with Gasteiger partial charge in [-0.2, -0.15) is 0 Å². The van der Waals surface area contributed by atoms with Crippen LogP contribution in [0.25, 0.3) is 0 Å². The molecular weight excluding hydrogens is 436 g/mol. The van der Waals surface area contributed by atoms with Crippen LogP contribution < -0.4 is 0 Å². The minimum Gasteiger partial charge on any atom is -0.466 e. The van der Waals surface area contributed by atoms with Gasteiger partial charge < -0.3 is 14.4 Å². The smallest absolute Gasteiger partial charge is 0.410 e. The summed E-state index contributed by atoms with van der Waals surface area (Å²) in [7, 11) is 0. The van der Waals surface area contributed by atoms with E-state index < -0.39 is 11.0 Å². The molecule has 6 nitrogen and oxygen atoms in total. The predicted molar refractivity (Wildman–Crippen MR) is 107 cm³/mol. The number of ether oxygens (including phenoxy) is 2. The minimum atomic E-state index is -0.724. The highest BCUT2D eigenvalue weighted by Crippen LogP contribution is 2.38. The summed E-state index contributed by atoms with van der Waals surface area (Å²) in [6.45, 7) is 8.46. The van der Waals surface area contributed by atoms with E-state index in [1.54, 1.807) is 24.1 Å². The number of piperidine rings is 1. The highest BCUT2D eigenvalue weighted by molar-refractivity contribution is 9.10.